The number of fused-ring (bicyclic) bond motifs is 1. The second-order valence-corrected chi connectivity index (χ2v) is 6.40. The standard InChI is InChI=1S/C16H20ClN3O/c1-10-4-3-5-13-14(10)19-15(11(2)17)20(13)9-8-18-16(21)12-6-7-12/h3-5,11-12H,6-9H2,1-2H3,(H,18,21). The molecule has 21 heavy (non-hydrogen) atoms. The molecular weight excluding hydrogens is 286 g/mol. The van der Waals surface area contributed by atoms with E-state index < -0.39 is 0 Å². The number of rotatable bonds is 5. The Morgan fingerprint density at radius 2 is 2.29 bits per heavy atom. The first-order valence-corrected chi connectivity index (χ1v) is 7.89. The lowest BCUT2D eigenvalue weighted by Gasteiger charge is -2.11. The summed E-state index contributed by atoms with van der Waals surface area (Å²) in [7, 11) is 0. The SMILES string of the molecule is Cc1cccc2c1nc(C(C)Cl)n2CCNC(=O)C1CC1. The first-order valence-electron chi connectivity index (χ1n) is 7.45. The number of nitrogens with zero attached hydrogens (tertiary/aromatic N) is 2. The Hall–Kier alpha value is -1.55. The number of benzene rings is 1. The zero-order valence-electron chi connectivity index (χ0n) is 12.4. The Bertz CT molecular complexity index is 673. The number of hydrogen-bond acceptors (Lipinski definition) is 2. The Morgan fingerprint density at radius 3 is 2.95 bits per heavy atom. The second-order valence-electron chi connectivity index (χ2n) is 5.75. The lowest BCUT2D eigenvalue weighted by atomic mass is 10.2. The number of nitrogens with one attached hydrogen (secondary N) is 1. The van der Waals surface area contributed by atoms with Gasteiger partial charge in [-0.1, -0.05) is 12.1 Å². The number of carbonyl (C=O) groups excluding carboxylic acids is 1. The molecule has 3 rings (SSSR count). The normalized spacial score (nSPS) is 16.1. The van der Waals surface area contributed by atoms with Gasteiger partial charge < -0.3 is 9.88 Å². The van der Waals surface area contributed by atoms with Gasteiger partial charge in [0.25, 0.3) is 0 Å². The molecule has 1 fully saturated rings. The summed E-state index contributed by atoms with van der Waals surface area (Å²) in [5.74, 6) is 1.29. The topological polar surface area (TPSA) is 46.9 Å². The second kappa shape index (κ2) is 5.68. The van der Waals surface area contributed by atoms with Crippen molar-refractivity contribution in [2.75, 3.05) is 6.54 Å². The summed E-state index contributed by atoms with van der Waals surface area (Å²) in [5.41, 5.74) is 3.22. The van der Waals surface area contributed by atoms with Crippen LogP contribution in [0, 0.1) is 12.8 Å². The molecule has 0 spiro atoms. The maximum atomic E-state index is 11.7. The van der Waals surface area contributed by atoms with Gasteiger partial charge in [-0.25, -0.2) is 4.98 Å². The third kappa shape index (κ3) is 2.91. The van der Waals surface area contributed by atoms with Crippen LogP contribution >= 0.6 is 11.6 Å². The van der Waals surface area contributed by atoms with Gasteiger partial charge in [-0.3, -0.25) is 4.79 Å². The van der Waals surface area contributed by atoms with Gasteiger partial charge in [-0.2, -0.15) is 0 Å². The average Bonchev–Trinajstić information content (AvgIpc) is 3.22. The summed E-state index contributed by atoms with van der Waals surface area (Å²) in [5, 5.41) is 2.84. The number of imidazole rings is 1. The predicted octanol–water partition coefficient (Wildman–Crippen LogP) is 3.17. The molecule has 1 atom stereocenters. The Balaban J connectivity index is 1.83. The van der Waals surface area contributed by atoms with Crippen molar-refractivity contribution in [2.24, 2.45) is 5.92 Å². The summed E-state index contributed by atoms with van der Waals surface area (Å²) in [6.07, 6.45) is 2.06. The average molecular weight is 306 g/mol. The molecule has 112 valence electrons. The summed E-state index contributed by atoms with van der Waals surface area (Å²) in [4.78, 5) is 16.4. The number of amides is 1. The molecule has 0 bridgehead atoms. The van der Waals surface area contributed by atoms with Gasteiger partial charge in [0.05, 0.1) is 16.4 Å². The van der Waals surface area contributed by atoms with E-state index in [0.29, 0.717) is 13.1 Å². The van der Waals surface area contributed by atoms with Crippen LogP contribution in [-0.2, 0) is 11.3 Å². The molecule has 2 aromatic rings. The molecule has 1 saturated carbocycles. The highest BCUT2D eigenvalue weighted by Gasteiger charge is 2.29. The highest BCUT2D eigenvalue weighted by Crippen LogP contribution is 2.29. The predicted molar refractivity (Wildman–Crippen MR) is 84.5 cm³/mol. The first-order chi connectivity index (χ1) is 10.1. The van der Waals surface area contributed by atoms with E-state index in [9.17, 15) is 4.79 Å². The largest absolute Gasteiger partial charge is 0.354 e. The van der Waals surface area contributed by atoms with Crippen molar-refractivity contribution in [3.8, 4) is 0 Å². The molecule has 1 aliphatic carbocycles. The van der Waals surface area contributed by atoms with Gasteiger partial charge in [0.15, 0.2) is 0 Å². The van der Waals surface area contributed by atoms with E-state index in [1.54, 1.807) is 0 Å². The van der Waals surface area contributed by atoms with Crippen LogP contribution in [0.25, 0.3) is 11.0 Å². The molecule has 5 heteroatoms. The van der Waals surface area contributed by atoms with E-state index >= 15 is 0 Å². The van der Waals surface area contributed by atoms with Crippen molar-refractivity contribution in [2.45, 2.75) is 38.6 Å². The molecule has 1 unspecified atom stereocenters. The molecule has 1 N–H and O–H groups in total. The van der Waals surface area contributed by atoms with E-state index in [-0.39, 0.29) is 17.2 Å². The van der Waals surface area contributed by atoms with Gasteiger partial charge in [0.2, 0.25) is 5.91 Å². The fourth-order valence-corrected chi connectivity index (χ4v) is 2.79. The fourth-order valence-electron chi connectivity index (χ4n) is 2.62. The first kappa shape index (κ1) is 14.4. The third-order valence-electron chi connectivity index (χ3n) is 3.95. The van der Waals surface area contributed by atoms with Crippen molar-refractivity contribution in [1.29, 1.82) is 0 Å². The molecular formula is C16H20ClN3O. The zero-order chi connectivity index (χ0) is 15.0. The van der Waals surface area contributed by atoms with Crippen LogP contribution in [0.4, 0.5) is 0 Å². The van der Waals surface area contributed by atoms with Gasteiger partial charge in [0, 0.05) is 19.0 Å². The van der Waals surface area contributed by atoms with Crippen LogP contribution in [-0.4, -0.2) is 22.0 Å². The Morgan fingerprint density at radius 1 is 1.52 bits per heavy atom. The zero-order valence-corrected chi connectivity index (χ0v) is 13.2. The molecule has 1 aliphatic rings. The number of carbonyl (C=O) groups is 1. The fraction of sp³-hybridized carbons (Fsp3) is 0.500. The highest BCUT2D eigenvalue weighted by atomic mass is 35.5. The monoisotopic (exact) mass is 305 g/mol. The van der Waals surface area contributed by atoms with E-state index in [2.05, 4.69) is 33.9 Å². The molecule has 0 aliphatic heterocycles. The number of aromatic nitrogens is 2. The maximum absolute atomic E-state index is 11.7. The number of aryl methyl sites for hydroxylation is 1. The van der Waals surface area contributed by atoms with Crippen molar-refractivity contribution >= 4 is 28.5 Å². The summed E-state index contributed by atoms with van der Waals surface area (Å²) < 4.78 is 2.12. The van der Waals surface area contributed by atoms with E-state index in [0.717, 1.165) is 35.3 Å². The quantitative estimate of drug-likeness (QED) is 0.863. The third-order valence-corrected chi connectivity index (χ3v) is 4.14. The number of halogens is 1. The van der Waals surface area contributed by atoms with Crippen LogP contribution < -0.4 is 5.32 Å². The molecule has 1 aromatic carbocycles. The van der Waals surface area contributed by atoms with Crippen LogP contribution in [0.5, 0.6) is 0 Å². The van der Waals surface area contributed by atoms with Crippen LogP contribution in [0.3, 0.4) is 0 Å². The number of para-hydroxylation sites is 1. The minimum Gasteiger partial charge on any atom is -0.354 e. The van der Waals surface area contributed by atoms with E-state index in [4.69, 9.17) is 11.6 Å². The van der Waals surface area contributed by atoms with Crippen LogP contribution in [0.1, 0.15) is 36.5 Å². The minimum absolute atomic E-state index is 0.157. The van der Waals surface area contributed by atoms with Crippen molar-refractivity contribution in [1.82, 2.24) is 14.9 Å². The molecule has 0 saturated heterocycles. The molecule has 0 radical (unpaired) electrons. The Kier molecular flexibility index (Phi) is 3.89. The van der Waals surface area contributed by atoms with Gasteiger partial charge in [0.1, 0.15) is 5.82 Å². The van der Waals surface area contributed by atoms with E-state index in [1.165, 1.54) is 0 Å². The van der Waals surface area contributed by atoms with Crippen LogP contribution in [0.2, 0.25) is 0 Å². The number of hydrogen-bond donors (Lipinski definition) is 1. The maximum Gasteiger partial charge on any atom is 0.223 e. The Labute approximate surface area is 129 Å². The van der Waals surface area contributed by atoms with Crippen molar-refractivity contribution in [3.63, 3.8) is 0 Å². The summed E-state index contributed by atoms with van der Waals surface area (Å²) >= 11 is 6.26. The molecule has 1 aromatic heterocycles. The van der Waals surface area contributed by atoms with Crippen LogP contribution in [0.15, 0.2) is 18.2 Å². The van der Waals surface area contributed by atoms with Crippen molar-refractivity contribution < 1.29 is 4.79 Å². The molecule has 1 amide bonds. The molecule has 4 nitrogen and oxygen atoms in total. The van der Waals surface area contributed by atoms with Crippen molar-refractivity contribution in [3.05, 3.63) is 29.6 Å². The van der Waals surface area contributed by atoms with E-state index in [1.807, 2.05) is 13.0 Å². The highest BCUT2D eigenvalue weighted by molar-refractivity contribution is 6.20. The summed E-state index contributed by atoms with van der Waals surface area (Å²) in [6.45, 7) is 5.30. The summed E-state index contributed by atoms with van der Waals surface area (Å²) in [6, 6.07) is 6.14. The number of alkyl halides is 1. The van der Waals surface area contributed by atoms with Gasteiger partial charge in [-0.15, -0.1) is 11.6 Å². The minimum atomic E-state index is -0.157. The lowest BCUT2D eigenvalue weighted by Crippen LogP contribution is -2.28. The smallest absolute Gasteiger partial charge is 0.223 e. The molecule has 1 heterocycles. The van der Waals surface area contributed by atoms with Gasteiger partial charge >= 0.3 is 0 Å². The van der Waals surface area contributed by atoms with Gasteiger partial charge in [-0.05, 0) is 38.3 Å². The lowest BCUT2D eigenvalue weighted by molar-refractivity contribution is -0.122.